The molecular formula is C8H9N3O4S2. The van der Waals surface area contributed by atoms with E-state index >= 15 is 0 Å². The molecule has 0 aliphatic carbocycles. The Morgan fingerprint density at radius 2 is 2.41 bits per heavy atom. The molecule has 9 heteroatoms. The molecule has 1 atom stereocenters. The Morgan fingerprint density at radius 1 is 1.76 bits per heavy atom. The number of nitriles is 1. The second-order valence-electron chi connectivity index (χ2n) is 3.13. The van der Waals surface area contributed by atoms with Crippen molar-refractivity contribution in [3.8, 4) is 6.07 Å². The van der Waals surface area contributed by atoms with Gasteiger partial charge in [0, 0.05) is 5.38 Å². The van der Waals surface area contributed by atoms with Crippen molar-refractivity contribution in [3.05, 3.63) is 11.1 Å². The van der Waals surface area contributed by atoms with Gasteiger partial charge in [0.2, 0.25) is 0 Å². The maximum atomic E-state index is 11.5. The summed E-state index contributed by atoms with van der Waals surface area (Å²) in [5.41, 5.74) is 0.268. The van der Waals surface area contributed by atoms with Crippen LogP contribution in [0.4, 0.5) is 5.13 Å². The van der Waals surface area contributed by atoms with Gasteiger partial charge < -0.3 is 5.11 Å². The van der Waals surface area contributed by atoms with Gasteiger partial charge in [-0.05, 0) is 6.92 Å². The molecule has 92 valence electrons. The Bertz CT molecular complexity index is 558. The molecule has 1 rings (SSSR count). The lowest BCUT2D eigenvalue weighted by molar-refractivity contribution is -0.136. The van der Waals surface area contributed by atoms with Gasteiger partial charge in [-0.3, -0.25) is 9.52 Å². The zero-order valence-electron chi connectivity index (χ0n) is 8.74. The van der Waals surface area contributed by atoms with Gasteiger partial charge in [-0.2, -0.15) is 5.26 Å². The van der Waals surface area contributed by atoms with E-state index in [1.807, 2.05) is 0 Å². The zero-order chi connectivity index (χ0) is 13.1. The summed E-state index contributed by atoms with van der Waals surface area (Å²) in [6.45, 7) is 1.24. The number of carboxylic acid groups (broad SMARTS) is 1. The molecule has 0 saturated carbocycles. The molecule has 17 heavy (non-hydrogen) atoms. The third-order valence-corrected chi connectivity index (χ3v) is 4.21. The van der Waals surface area contributed by atoms with Crippen molar-refractivity contribution in [1.82, 2.24) is 4.98 Å². The van der Waals surface area contributed by atoms with Crippen molar-refractivity contribution in [3.63, 3.8) is 0 Å². The SMILES string of the molecule is CC(C#N)S(=O)(=O)Nc1nc(CC(=O)O)cs1. The highest BCUT2D eigenvalue weighted by atomic mass is 32.2. The number of aliphatic carboxylic acids is 1. The summed E-state index contributed by atoms with van der Waals surface area (Å²) in [6.07, 6.45) is -0.272. The molecule has 7 nitrogen and oxygen atoms in total. The van der Waals surface area contributed by atoms with Crippen LogP contribution in [-0.4, -0.2) is 29.7 Å². The monoisotopic (exact) mass is 275 g/mol. The number of hydrogen-bond acceptors (Lipinski definition) is 6. The van der Waals surface area contributed by atoms with Crippen LogP contribution >= 0.6 is 11.3 Å². The lowest BCUT2D eigenvalue weighted by Crippen LogP contribution is -2.23. The Hall–Kier alpha value is -1.66. The minimum absolute atomic E-state index is 0.0587. The molecule has 1 unspecified atom stereocenters. The van der Waals surface area contributed by atoms with E-state index in [9.17, 15) is 13.2 Å². The molecule has 0 spiro atoms. The number of nitrogens with one attached hydrogen (secondary N) is 1. The first-order valence-electron chi connectivity index (χ1n) is 4.42. The van der Waals surface area contributed by atoms with Crippen molar-refractivity contribution >= 4 is 32.5 Å². The van der Waals surface area contributed by atoms with E-state index in [-0.39, 0.29) is 17.2 Å². The zero-order valence-corrected chi connectivity index (χ0v) is 10.4. The summed E-state index contributed by atoms with van der Waals surface area (Å²) >= 11 is 0.972. The van der Waals surface area contributed by atoms with Crippen LogP contribution in [0.1, 0.15) is 12.6 Å². The first-order valence-corrected chi connectivity index (χ1v) is 6.85. The minimum Gasteiger partial charge on any atom is -0.481 e. The number of carbonyl (C=O) groups is 1. The highest BCUT2D eigenvalue weighted by molar-refractivity contribution is 7.93. The second-order valence-corrected chi connectivity index (χ2v) is 5.99. The smallest absolute Gasteiger partial charge is 0.309 e. The van der Waals surface area contributed by atoms with Gasteiger partial charge in [0.15, 0.2) is 10.4 Å². The summed E-state index contributed by atoms with van der Waals surface area (Å²) in [4.78, 5) is 14.2. The van der Waals surface area contributed by atoms with Crippen LogP contribution in [0.5, 0.6) is 0 Å². The third kappa shape index (κ3) is 3.69. The van der Waals surface area contributed by atoms with Crippen LogP contribution in [0.15, 0.2) is 5.38 Å². The number of aromatic nitrogens is 1. The maximum absolute atomic E-state index is 11.5. The molecule has 0 aliphatic rings. The van der Waals surface area contributed by atoms with Gasteiger partial charge in [0.1, 0.15) is 0 Å². The molecule has 0 bridgehead atoms. The summed E-state index contributed by atoms with van der Waals surface area (Å²) < 4.78 is 25.1. The fourth-order valence-corrected chi connectivity index (χ4v) is 2.57. The molecule has 0 radical (unpaired) electrons. The third-order valence-electron chi connectivity index (χ3n) is 1.76. The van der Waals surface area contributed by atoms with Crippen LogP contribution in [0.25, 0.3) is 0 Å². The number of carboxylic acids is 1. The normalized spacial score (nSPS) is 12.7. The highest BCUT2D eigenvalue weighted by Crippen LogP contribution is 2.18. The number of sulfonamides is 1. The van der Waals surface area contributed by atoms with Crippen molar-refractivity contribution in [1.29, 1.82) is 5.26 Å². The predicted octanol–water partition coefficient (Wildman–Crippen LogP) is 0.424. The average molecular weight is 275 g/mol. The van der Waals surface area contributed by atoms with Crippen LogP contribution in [0.2, 0.25) is 0 Å². The van der Waals surface area contributed by atoms with Gasteiger partial charge >= 0.3 is 5.97 Å². The van der Waals surface area contributed by atoms with Gasteiger partial charge in [-0.15, -0.1) is 11.3 Å². The summed E-state index contributed by atoms with van der Waals surface area (Å²) in [7, 11) is -3.79. The lowest BCUT2D eigenvalue weighted by atomic mass is 10.3. The van der Waals surface area contributed by atoms with Gasteiger partial charge in [0.05, 0.1) is 18.2 Å². The molecule has 0 amide bonds. The second kappa shape index (κ2) is 5.11. The molecule has 0 aliphatic heterocycles. The summed E-state index contributed by atoms with van der Waals surface area (Å²) in [5.74, 6) is -1.05. The van der Waals surface area contributed by atoms with Crippen molar-refractivity contribution < 1.29 is 18.3 Å². The first-order chi connectivity index (χ1) is 7.85. The minimum atomic E-state index is -3.79. The van der Waals surface area contributed by atoms with E-state index in [4.69, 9.17) is 10.4 Å². The Kier molecular flexibility index (Phi) is 4.03. The largest absolute Gasteiger partial charge is 0.481 e. The van der Waals surface area contributed by atoms with Gasteiger partial charge in [-0.25, -0.2) is 13.4 Å². The van der Waals surface area contributed by atoms with Crippen LogP contribution in [0, 0.1) is 11.3 Å². The lowest BCUT2D eigenvalue weighted by Gasteiger charge is -2.05. The quantitative estimate of drug-likeness (QED) is 0.803. The van der Waals surface area contributed by atoms with Gasteiger partial charge in [0.25, 0.3) is 10.0 Å². The van der Waals surface area contributed by atoms with Crippen LogP contribution in [0.3, 0.4) is 0 Å². The van der Waals surface area contributed by atoms with Crippen molar-refractivity contribution in [2.24, 2.45) is 0 Å². The fraction of sp³-hybridized carbons (Fsp3) is 0.375. The molecule has 2 N–H and O–H groups in total. The van der Waals surface area contributed by atoms with E-state index in [0.717, 1.165) is 11.3 Å². The summed E-state index contributed by atoms with van der Waals surface area (Å²) in [5, 5.41) is 17.3. The Morgan fingerprint density at radius 3 is 2.94 bits per heavy atom. The Labute approximate surface area is 102 Å². The standard InChI is InChI=1S/C8H9N3O4S2/c1-5(3-9)17(14,15)11-8-10-6(4-16-8)2-7(12)13/h4-5H,2H2,1H3,(H,10,11)(H,12,13). The summed E-state index contributed by atoms with van der Waals surface area (Å²) in [6, 6.07) is 1.60. The Balaban J connectivity index is 2.80. The number of nitrogens with zero attached hydrogens (tertiary/aromatic N) is 2. The van der Waals surface area contributed by atoms with E-state index in [2.05, 4.69) is 9.71 Å². The predicted molar refractivity (Wildman–Crippen MR) is 61.1 cm³/mol. The molecule has 1 heterocycles. The maximum Gasteiger partial charge on any atom is 0.309 e. The fourth-order valence-electron chi connectivity index (χ4n) is 0.869. The number of hydrogen-bond donors (Lipinski definition) is 2. The van der Waals surface area contributed by atoms with E-state index < -0.39 is 21.2 Å². The van der Waals surface area contributed by atoms with E-state index in [1.54, 1.807) is 6.07 Å². The molecule has 0 fully saturated rings. The van der Waals surface area contributed by atoms with Gasteiger partial charge in [-0.1, -0.05) is 0 Å². The number of rotatable bonds is 5. The molecule has 1 aromatic rings. The number of anilines is 1. The van der Waals surface area contributed by atoms with Crippen LogP contribution in [-0.2, 0) is 21.2 Å². The number of thiazole rings is 1. The highest BCUT2D eigenvalue weighted by Gasteiger charge is 2.21. The average Bonchev–Trinajstić information content (AvgIpc) is 2.62. The van der Waals surface area contributed by atoms with Crippen molar-refractivity contribution in [2.75, 3.05) is 4.72 Å². The molecule has 0 saturated heterocycles. The van der Waals surface area contributed by atoms with E-state index in [0.29, 0.717) is 0 Å². The first kappa shape index (κ1) is 13.4. The molecule has 0 aromatic carbocycles. The van der Waals surface area contributed by atoms with Crippen molar-refractivity contribution in [2.45, 2.75) is 18.6 Å². The molecular weight excluding hydrogens is 266 g/mol. The topological polar surface area (TPSA) is 120 Å². The van der Waals surface area contributed by atoms with Crippen LogP contribution < -0.4 is 4.72 Å². The van der Waals surface area contributed by atoms with E-state index in [1.165, 1.54) is 12.3 Å². The molecule has 1 aromatic heterocycles.